The van der Waals surface area contributed by atoms with Crippen molar-refractivity contribution < 1.29 is 54.6 Å². The van der Waals surface area contributed by atoms with Crippen LogP contribution in [0.3, 0.4) is 0 Å². The third-order valence-corrected chi connectivity index (χ3v) is 1.84. The van der Waals surface area contributed by atoms with Crippen molar-refractivity contribution in [3.05, 3.63) is 0 Å². The predicted octanol–water partition coefficient (Wildman–Crippen LogP) is -2.50. The van der Waals surface area contributed by atoms with Crippen LogP contribution in [0, 0.1) is 0 Å². The third kappa shape index (κ3) is 12.3. The first-order valence-corrected chi connectivity index (χ1v) is 5.44. The van der Waals surface area contributed by atoms with E-state index in [4.69, 9.17) is 30.6 Å². The summed E-state index contributed by atoms with van der Waals surface area (Å²) < 4.78 is 0. The molecule has 0 bridgehead atoms. The Morgan fingerprint density at radius 2 is 1.00 bits per heavy atom. The number of carboxylic acid groups (broad SMARTS) is 5. The lowest BCUT2D eigenvalue weighted by molar-refractivity contribution is -0.170. The van der Waals surface area contributed by atoms with Gasteiger partial charge < -0.3 is 30.6 Å². The number of hydrogen-bond donors (Lipinski definition) is 7. The molecular weight excluding hydrogens is 310 g/mol. The first kappa shape index (κ1) is 21.6. The average molecular weight is 325 g/mol. The van der Waals surface area contributed by atoms with Gasteiger partial charge in [-0.2, -0.15) is 0 Å². The minimum absolute atomic E-state index is 0.313. The molecular formula is C10H15NO11. The highest BCUT2D eigenvalue weighted by Crippen LogP contribution is 2.15. The van der Waals surface area contributed by atoms with Crippen LogP contribution in [-0.4, -0.2) is 79.2 Å². The topological polar surface area (TPSA) is 219 Å². The first-order chi connectivity index (χ1) is 9.90. The maximum absolute atomic E-state index is 10.3. The third-order valence-electron chi connectivity index (χ3n) is 1.84. The van der Waals surface area contributed by atoms with E-state index < -0.39 is 48.3 Å². The van der Waals surface area contributed by atoms with E-state index in [1.54, 1.807) is 0 Å². The summed E-state index contributed by atoms with van der Waals surface area (Å²) in [7, 11) is 0. The van der Waals surface area contributed by atoms with Gasteiger partial charge in [0.25, 0.3) is 0 Å². The Labute approximate surface area is 122 Å². The minimum atomic E-state index is -2.74. The van der Waals surface area contributed by atoms with Gasteiger partial charge in [-0.25, -0.2) is 4.79 Å². The zero-order valence-corrected chi connectivity index (χ0v) is 11.1. The molecule has 0 heterocycles. The molecule has 0 aliphatic carbocycles. The van der Waals surface area contributed by atoms with Crippen LogP contribution in [0.1, 0.15) is 12.8 Å². The average Bonchev–Trinajstić information content (AvgIpc) is 2.25. The normalized spacial score (nSPS) is 10.0. The SMILES string of the molecule is O=C(O)CC(O)(CC(=O)O)C(=O)O.O=C(O)CNCC(=O)O. The van der Waals surface area contributed by atoms with Gasteiger partial charge in [0.1, 0.15) is 0 Å². The van der Waals surface area contributed by atoms with Gasteiger partial charge in [-0.3, -0.25) is 24.5 Å². The predicted molar refractivity (Wildman–Crippen MR) is 65.2 cm³/mol. The summed E-state index contributed by atoms with van der Waals surface area (Å²) in [5.74, 6) is -7.14. The smallest absolute Gasteiger partial charge is 0.336 e. The number of aliphatic hydroxyl groups is 1. The number of carbonyl (C=O) groups is 5. The molecule has 0 aliphatic heterocycles. The molecule has 22 heavy (non-hydrogen) atoms. The van der Waals surface area contributed by atoms with Crippen molar-refractivity contribution in [1.29, 1.82) is 0 Å². The van der Waals surface area contributed by atoms with Crippen LogP contribution in [0.2, 0.25) is 0 Å². The van der Waals surface area contributed by atoms with Crippen LogP contribution >= 0.6 is 0 Å². The Morgan fingerprint density at radius 1 is 0.682 bits per heavy atom. The summed E-state index contributed by atoms with van der Waals surface area (Å²) in [6.45, 7) is -0.626. The van der Waals surface area contributed by atoms with E-state index in [0.29, 0.717) is 0 Å². The second-order valence-electron chi connectivity index (χ2n) is 3.87. The van der Waals surface area contributed by atoms with Crippen molar-refractivity contribution in [2.45, 2.75) is 18.4 Å². The summed E-state index contributed by atoms with van der Waals surface area (Å²) in [4.78, 5) is 49.9. The Morgan fingerprint density at radius 3 is 1.18 bits per heavy atom. The highest BCUT2D eigenvalue weighted by Gasteiger charge is 2.40. The van der Waals surface area contributed by atoms with Crippen LogP contribution in [0.25, 0.3) is 0 Å². The number of aliphatic carboxylic acids is 5. The highest BCUT2D eigenvalue weighted by molar-refractivity contribution is 5.88. The molecule has 0 saturated heterocycles. The summed E-state index contributed by atoms with van der Waals surface area (Å²) in [5.41, 5.74) is -2.74. The number of carboxylic acids is 5. The molecule has 0 spiro atoms. The monoisotopic (exact) mass is 325 g/mol. The molecule has 0 aromatic rings. The van der Waals surface area contributed by atoms with E-state index in [0.717, 1.165) is 0 Å². The van der Waals surface area contributed by atoms with Crippen LogP contribution in [0.4, 0.5) is 0 Å². The van der Waals surface area contributed by atoms with Gasteiger partial charge in [-0.05, 0) is 0 Å². The maximum atomic E-state index is 10.3. The number of rotatable bonds is 9. The van der Waals surface area contributed by atoms with Gasteiger partial charge >= 0.3 is 29.8 Å². The molecule has 7 N–H and O–H groups in total. The van der Waals surface area contributed by atoms with Crippen molar-refractivity contribution in [3.8, 4) is 0 Å². The van der Waals surface area contributed by atoms with Crippen LogP contribution < -0.4 is 5.32 Å². The molecule has 0 fully saturated rings. The van der Waals surface area contributed by atoms with Gasteiger partial charge in [0, 0.05) is 0 Å². The second-order valence-corrected chi connectivity index (χ2v) is 3.87. The molecule has 126 valence electrons. The molecule has 0 aromatic carbocycles. The fourth-order valence-electron chi connectivity index (χ4n) is 0.990. The Hall–Kier alpha value is -2.73. The Balaban J connectivity index is 0. The van der Waals surface area contributed by atoms with Crippen LogP contribution in [-0.2, 0) is 24.0 Å². The first-order valence-electron chi connectivity index (χ1n) is 5.44. The minimum Gasteiger partial charge on any atom is -0.481 e. The Bertz CT molecular complexity index is 414. The van der Waals surface area contributed by atoms with Gasteiger partial charge in [0.2, 0.25) is 0 Å². The highest BCUT2D eigenvalue weighted by atomic mass is 16.4. The fourth-order valence-corrected chi connectivity index (χ4v) is 0.990. The van der Waals surface area contributed by atoms with E-state index in [1.165, 1.54) is 0 Å². The standard InChI is InChI=1S/C6H8O7.C4H7NO4/c7-3(8)1-6(13,5(11)12)2-4(9)10;6-3(7)1-5-2-4(8)9/h13H,1-2H2,(H,7,8)(H,9,10)(H,11,12);5H,1-2H2,(H,6,7)(H,8,9). The molecule has 0 aliphatic rings. The van der Waals surface area contributed by atoms with E-state index in [-0.39, 0.29) is 13.1 Å². The zero-order valence-electron chi connectivity index (χ0n) is 11.1. The summed E-state index contributed by atoms with van der Waals surface area (Å²) in [5, 5.41) is 51.9. The molecule has 0 saturated carbocycles. The van der Waals surface area contributed by atoms with Crippen molar-refractivity contribution in [2.75, 3.05) is 13.1 Å². The molecule has 0 radical (unpaired) electrons. The van der Waals surface area contributed by atoms with Gasteiger partial charge in [0.05, 0.1) is 25.9 Å². The summed E-state index contributed by atoms with van der Waals surface area (Å²) in [6.07, 6.45) is -2.29. The summed E-state index contributed by atoms with van der Waals surface area (Å²) >= 11 is 0. The molecule has 12 nitrogen and oxygen atoms in total. The van der Waals surface area contributed by atoms with Crippen molar-refractivity contribution >= 4 is 29.8 Å². The van der Waals surface area contributed by atoms with E-state index in [1.807, 2.05) is 0 Å². The lowest BCUT2D eigenvalue weighted by atomic mass is 9.96. The number of hydrogen-bond acceptors (Lipinski definition) is 7. The largest absolute Gasteiger partial charge is 0.481 e. The van der Waals surface area contributed by atoms with Crippen molar-refractivity contribution in [1.82, 2.24) is 5.32 Å². The van der Waals surface area contributed by atoms with E-state index in [9.17, 15) is 24.0 Å². The lowest BCUT2D eigenvalue weighted by Gasteiger charge is -2.18. The van der Waals surface area contributed by atoms with Gasteiger partial charge in [-0.15, -0.1) is 0 Å². The zero-order chi connectivity index (χ0) is 17.9. The molecule has 0 atom stereocenters. The second kappa shape index (κ2) is 10.1. The Kier molecular flexibility index (Phi) is 9.86. The molecule has 0 amide bonds. The molecule has 0 rings (SSSR count). The summed E-state index contributed by atoms with van der Waals surface area (Å²) in [6, 6.07) is 0. The fraction of sp³-hybridized carbons (Fsp3) is 0.500. The van der Waals surface area contributed by atoms with Crippen LogP contribution in [0.15, 0.2) is 0 Å². The van der Waals surface area contributed by atoms with Gasteiger partial charge in [-0.1, -0.05) is 0 Å². The molecule has 12 heteroatoms. The van der Waals surface area contributed by atoms with Crippen molar-refractivity contribution in [3.63, 3.8) is 0 Å². The molecule has 0 aromatic heterocycles. The van der Waals surface area contributed by atoms with Gasteiger partial charge in [0.15, 0.2) is 5.60 Å². The molecule has 0 unspecified atom stereocenters. The lowest BCUT2D eigenvalue weighted by Crippen LogP contribution is -2.42. The van der Waals surface area contributed by atoms with Crippen LogP contribution in [0.5, 0.6) is 0 Å². The van der Waals surface area contributed by atoms with E-state index >= 15 is 0 Å². The maximum Gasteiger partial charge on any atom is 0.336 e. The quantitative estimate of drug-likeness (QED) is 0.234. The van der Waals surface area contributed by atoms with E-state index in [2.05, 4.69) is 5.32 Å². The van der Waals surface area contributed by atoms with Crippen molar-refractivity contribution in [2.24, 2.45) is 0 Å². The number of nitrogens with one attached hydrogen (secondary N) is 1.